The van der Waals surface area contributed by atoms with Crippen molar-refractivity contribution in [3.8, 4) is 22.9 Å². The molecule has 5 aromatic rings. The Kier molecular flexibility index (Phi) is 7.14. The Balaban J connectivity index is 1.37. The lowest BCUT2D eigenvalue weighted by Gasteiger charge is -2.22. The van der Waals surface area contributed by atoms with Crippen LogP contribution in [-0.2, 0) is 13.2 Å². The zero-order valence-electron chi connectivity index (χ0n) is 22.0. The molecule has 0 amide bonds. The van der Waals surface area contributed by atoms with Crippen LogP contribution in [0.4, 0.5) is 0 Å². The van der Waals surface area contributed by atoms with Gasteiger partial charge in [0.1, 0.15) is 17.9 Å². The number of ether oxygens (including phenoxy) is 1. The van der Waals surface area contributed by atoms with E-state index < -0.39 is 5.97 Å². The Morgan fingerprint density at radius 2 is 1.60 bits per heavy atom. The Morgan fingerprint density at radius 3 is 2.35 bits per heavy atom. The lowest BCUT2D eigenvalue weighted by Crippen LogP contribution is -2.13. The molecule has 202 valence electrons. The van der Waals surface area contributed by atoms with E-state index in [1.54, 1.807) is 12.1 Å². The van der Waals surface area contributed by atoms with Crippen molar-refractivity contribution in [2.24, 2.45) is 0 Å². The maximum Gasteiger partial charge on any atom is 0.336 e. The number of hydrogen-bond donors (Lipinski definition) is 2. The molecule has 1 aliphatic carbocycles. The number of imidazole rings is 1. The van der Waals surface area contributed by atoms with E-state index in [-0.39, 0.29) is 17.4 Å². The Hall–Kier alpha value is -4.72. The molecule has 2 aromatic heterocycles. The molecule has 40 heavy (non-hydrogen) atoms. The van der Waals surface area contributed by atoms with Gasteiger partial charge in [-0.05, 0) is 41.2 Å². The number of fused-ring (bicyclic) bond motifs is 1. The second-order valence-electron chi connectivity index (χ2n) is 10.2. The highest BCUT2D eigenvalue weighted by molar-refractivity contribution is 5.96. The fraction of sp³-hybridized carbons (Fsp3) is 0.250. The van der Waals surface area contributed by atoms with Gasteiger partial charge in [0.05, 0.1) is 5.56 Å². The fourth-order valence-electron chi connectivity index (χ4n) is 5.58. The molecule has 1 aliphatic rings. The highest BCUT2D eigenvalue weighted by Gasteiger charge is 2.27. The highest BCUT2D eigenvalue weighted by atomic mass is 16.5. The molecule has 0 unspecified atom stereocenters. The van der Waals surface area contributed by atoms with Gasteiger partial charge < -0.3 is 19.5 Å². The van der Waals surface area contributed by atoms with Crippen LogP contribution in [0.2, 0.25) is 0 Å². The number of aromatic hydroxyl groups is 1. The Labute approximate surface area is 231 Å². The molecule has 3 aromatic carbocycles. The number of nitrogens with zero attached hydrogens (tertiary/aromatic N) is 4. The fourth-order valence-corrected chi connectivity index (χ4v) is 5.58. The average Bonchev–Trinajstić information content (AvgIpc) is 3.38. The van der Waals surface area contributed by atoms with Crippen molar-refractivity contribution >= 4 is 17.0 Å². The van der Waals surface area contributed by atoms with Gasteiger partial charge in [-0.15, -0.1) is 10.2 Å². The molecule has 0 spiro atoms. The minimum Gasteiger partial charge on any atom is -0.491 e. The number of carbonyl (C=O) groups is 1. The molecular weight excluding hydrogens is 504 g/mol. The van der Waals surface area contributed by atoms with E-state index >= 15 is 0 Å². The topological polar surface area (TPSA) is 110 Å². The number of aromatic carboxylic acids is 1. The molecule has 1 saturated carbocycles. The third-order valence-electron chi connectivity index (χ3n) is 7.60. The molecule has 0 bridgehead atoms. The van der Waals surface area contributed by atoms with E-state index in [9.17, 15) is 15.0 Å². The van der Waals surface area contributed by atoms with Crippen molar-refractivity contribution in [3.63, 3.8) is 0 Å². The van der Waals surface area contributed by atoms with Gasteiger partial charge in [-0.1, -0.05) is 92.1 Å². The molecule has 0 radical (unpaired) electrons. The SMILES string of the molecule is O=C(O)c1ccccc1-c1ccc(Cn2c(C3CCCCC3)nc3c(OCc4ccccc4)nnc(O)c32)cc1. The summed E-state index contributed by atoms with van der Waals surface area (Å²) < 4.78 is 8.10. The smallest absolute Gasteiger partial charge is 0.336 e. The predicted molar refractivity (Wildman–Crippen MR) is 152 cm³/mol. The number of hydrogen-bond acceptors (Lipinski definition) is 6. The molecule has 0 saturated heterocycles. The number of carboxylic acids is 1. The summed E-state index contributed by atoms with van der Waals surface area (Å²) in [6.07, 6.45) is 5.58. The van der Waals surface area contributed by atoms with Gasteiger partial charge in [0.15, 0.2) is 5.52 Å². The first-order valence-corrected chi connectivity index (χ1v) is 13.6. The molecule has 0 atom stereocenters. The number of aromatic nitrogens is 4. The van der Waals surface area contributed by atoms with Crippen molar-refractivity contribution < 1.29 is 19.7 Å². The monoisotopic (exact) mass is 534 g/mol. The normalized spacial score (nSPS) is 13.9. The molecule has 6 rings (SSSR count). The van der Waals surface area contributed by atoms with Crippen LogP contribution in [0.15, 0.2) is 78.9 Å². The zero-order valence-corrected chi connectivity index (χ0v) is 22.0. The second kappa shape index (κ2) is 11.2. The summed E-state index contributed by atoms with van der Waals surface area (Å²) in [4.78, 5) is 16.7. The Morgan fingerprint density at radius 1 is 0.875 bits per heavy atom. The van der Waals surface area contributed by atoms with Crippen molar-refractivity contribution in [2.75, 3.05) is 0 Å². The van der Waals surface area contributed by atoms with Crippen molar-refractivity contribution in [1.82, 2.24) is 19.7 Å². The molecule has 2 N–H and O–H groups in total. The van der Waals surface area contributed by atoms with Crippen LogP contribution in [0.3, 0.4) is 0 Å². The molecule has 8 heteroatoms. The standard InChI is InChI=1S/C32H30N4O4/c37-30-28-27(31(35-34-30)40-20-22-9-3-1-4-10-22)33-29(24-11-5-2-6-12-24)36(28)19-21-15-17-23(18-16-21)25-13-7-8-14-26(25)32(38)39/h1,3-4,7-10,13-18,24H,2,5-6,11-12,19-20H2,(H,34,37)(H,38,39). The van der Waals surface area contributed by atoms with Gasteiger partial charge in [-0.2, -0.15) is 0 Å². The summed E-state index contributed by atoms with van der Waals surface area (Å²) >= 11 is 0. The molecular formula is C32H30N4O4. The lowest BCUT2D eigenvalue weighted by molar-refractivity contribution is 0.0697. The van der Waals surface area contributed by atoms with Gasteiger partial charge in [0.2, 0.25) is 0 Å². The van der Waals surface area contributed by atoms with Gasteiger partial charge in [0, 0.05) is 12.5 Å². The van der Waals surface area contributed by atoms with Gasteiger partial charge in [-0.3, -0.25) is 0 Å². The first kappa shape index (κ1) is 25.6. The summed E-state index contributed by atoms with van der Waals surface area (Å²) in [7, 11) is 0. The number of benzene rings is 3. The van der Waals surface area contributed by atoms with Crippen LogP contribution in [0.5, 0.6) is 11.8 Å². The van der Waals surface area contributed by atoms with Crippen LogP contribution in [0, 0.1) is 0 Å². The minimum absolute atomic E-state index is 0.177. The lowest BCUT2D eigenvalue weighted by atomic mass is 9.88. The molecule has 0 aliphatic heterocycles. The summed E-state index contributed by atoms with van der Waals surface area (Å²) in [6.45, 7) is 0.793. The highest BCUT2D eigenvalue weighted by Crippen LogP contribution is 2.38. The third-order valence-corrected chi connectivity index (χ3v) is 7.60. The van der Waals surface area contributed by atoms with E-state index in [0.29, 0.717) is 35.6 Å². The first-order valence-electron chi connectivity index (χ1n) is 13.6. The average molecular weight is 535 g/mol. The summed E-state index contributed by atoms with van der Waals surface area (Å²) in [5, 5.41) is 28.7. The van der Waals surface area contributed by atoms with Crippen molar-refractivity contribution in [1.29, 1.82) is 0 Å². The van der Waals surface area contributed by atoms with E-state index in [2.05, 4.69) is 10.2 Å². The van der Waals surface area contributed by atoms with E-state index in [1.165, 1.54) is 6.42 Å². The number of rotatable bonds is 8. The first-order chi connectivity index (χ1) is 19.6. The van der Waals surface area contributed by atoms with E-state index in [0.717, 1.165) is 48.2 Å². The summed E-state index contributed by atoms with van der Waals surface area (Å²) in [5.41, 5.74) is 4.79. The van der Waals surface area contributed by atoms with Gasteiger partial charge >= 0.3 is 5.97 Å². The largest absolute Gasteiger partial charge is 0.491 e. The number of carboxylic acid groups (broad SMARTS) is 1. The van der Waals surface area contributed by atoms with Crippen molar-refractivity contribution in [2.45, 2.75) is 51.2 Å². The minimum atomic E-state index is -0.955. The van der Waals surface area contributed by atoms with E-state index in [1.807, 2.05) is 71.3 Å². The van der Waals surface area contributed by atoms with Crippen LogP contribution >= 0.6 is 0 Å². The van der Waals surface area contributed by atoms with Crippen molar-refractivity contribution in [3.05, 3.63) is 101 Å². The second-order valence-corrected chi connectivity index (χ2v) is 10.2. The summed E-state index contributed by atoms with van der Waals surface area (Å²) in [6, 6.07) is 24.7. The molecule has 8 nitrogen and oxygen atoms in total. The predicted octanol–water partition coefficient (Wildman–Crippen LogP) is 6.57. The van der Waals surface area contributed by atoms with Gasteiger partial charge in [-0.25, -0.2) is 9.78 Å². The third kappa shape index (κ3) is 5.12. The molecule has 1 fully saturated rings. The maximum absolute atomic E-state index is 11.7. The van der Waals surface area contributed by atoms with E-state index in [4.69, 9.17) is 9.72 Å². The van der Waals surface area contributed by atoms with Gasteiger partial charge in [0.25, 0.3) is 11.8 Å². The van der Waals surface area contributed by atoms with Crippen LogP contribution in [0.25, 0.3) is 22.2 Å². The Bertz CT molecular complexity index is 1640. The van der Waals surface area contributed by atoms with Crippen LogP contribution in [-0.4, -0.2) is 35.9 Å². The zero-order chi connectivity index (χ0) is 27.5. The summed E-state index contributed by atoms with van der Waals surface area (Å²) in [5.74, 6) is 0.342. The maximum atomic E-state index is 11.7. The molecule has 2 heterocycles. The van der Waals surface area contributed by atoms with Crippen LogP contribution < -0.4 is 4.74 Å². The quantitative estimate of drug-likeness (QED) is 0.232. The van der Waals surface area contributed by atoms with Crippen LogP contribution in [0.1, 0.15) is 65.3 Å².